The summed E-state index contributed by atoms with van der Waals surface area (Å²) in [6.45, 7) is 9.46. The van der Waals surface area contributed by atoms with Gasteiger partial charge in [-0.15, -0.1) is 0 Å². The second-order valence-corrected chi connectivity index (χ2v) is 7.21. The number of hydrogen-bond donors (Lipinski definition) is 1. The van der Waals surface area contributed by atoms with Crippen molar-refractivity contribution in [3.63, 3.8) is 0 Å². The molecule has 0 radical (unpaired) electrons. The number of piperidine rings is 1. The van der Waals surface area contributed by atoms with Crippen LogP contribution in [-0.4, -0.2) is 66.7 Å². The number of rotatable bonds is 5. The lowest BCUT2D eigenvalue weighted by Gasteiger charge is -2.36. The third kappa shape index (κ3) is 6.15. The van der Waals surface area contributed by atoms with Gasteiger partial charge in [-0.25, -0.2) is 10.3 Å². The van der Waals surface area contributed by atoms with Crippen molar-refractivity contribution < 1.29 is 19.2 Å². The normalized spacial score (nSPS) is 23.4. The number of nitrogens with zero attached hydrogens (tertiary/aromatic N) is 2. The summed E-state index contributed by atoms with van der Waals surface area (Å²) >= 11 is 0. The van der Waals surface area contributed by atoms with E-state index in [9.17, 15) is 9.59 Å². The van der Waals surface area contributed by atoms with Crippen LogP contribution in [0.15, 0.2) is 0 Å². The topological polar surface area (TPSA) is 71.1 Å². The van der Waals surface area contributed by atoms with Gasteiger partial charge >= 0.3 is 6.09 Å². The van der Waals surface area contributed by atoms with Gasteiger partial charge in [0.25, 0.3) is 0 Å². The average Bonchev–Trinajstić information content (AvgIpc) is 2.86. The summed E-state index contributed by atoms with van der Waals surface area (Å²) in [7, 11) is 0. The van der Waals surface area contributed by atoms with Crippen LogP contribution in [0, 0.1) is 5.92 Å². The standard InChI is InChI=1S/C18H33N3O4/c1-4-24-18(23)21-10-5-6-16(9-13-21)20-11-7-15(8-12-20)17(22)19-25-14(2)3/h14-16H,4-13H2,1-3H3,(H,19,22). The van der Waals surface area contributed by atoms with Crippen molar-refractivity contribution in [2.24, 2.45) is 5.92 Å². The summed E-state index contributed by atoms with van der Waals surface area (Å²) in [4.78, 5) is 33.5. The molecule has 2 fully saturated rings. The number of carbonyl (C=O) groups is 2. The van der Waals surface area contributed by atoms with E-state index in [1.807, 2.05) is 25.7 Å². The van der Waals surface area contributed by atoms with Crippen molar-refractivity contribution in [2.45, 2.75) is 65.0 Å². The zero-order chi connectivity index (χ0) is 18.2. The Hall–Kier alpha value is -1.34. The molecule has 25 heavy (non-hydrogen) atoms. The Morgan fingerprint density at radius 1 is 1.08 bits per heavy atom. The molecule has 1 atom stereocenters. The van der Waals surface area contributed by atoms with Gasteiger partial charge in [0.2, 0.25) is 5.91 Å². The third-order valence-corrected chi connectivity index (χ3v) is 5.04. The molecule has 0 aromatic heterocycles. The number of ether oxygens (including phenoxy) is 1. The molecule has 2 aliphatic rings. The first-order valence-electron chi connectivity index (χ1n) is 9.62. The van der Waals surface area contributed by atoms with Crippen molar-refractivity contribution >= 4 is 12.0 Å². The smallest absolute Gasteiger partial charge is 0.409 e. The Morgan fingerprint density at radius 2 is 1.80 bits per heavy atom. The van der Waals surface area contributed by atoms with Crippen LogP contribution in [0.1, 0.15) is 52.9 Å². The van der Waals surface area contributed by atoms with Gasteiger partial charge in [0.05, 0.1) is 12.7 Å². The molecule has 2 heterocycles. The molecule has 0 bridgehead atoms. The fraction of sp³-hybridized carbons (Fsp3) is 0.889. The number of hydrogen-bond acceptors (Lipinski definition) is 5. The van der Waals surface area contributed by atoms with Gasteiger partial charge in [-0.05, 0) is 66.0 Å². The zero-order valence-corrected chi connectivity index (χ0v) is 15.8. The predicted octanol–water partition coefficient (Wildman–Crippen LogP) is 2.17. The summed E-state index contributed by atoms with van der Waals surface area (Å²) < 4.78 is 5.11. The highest BCUT2D eigenvalue weighted by Crippen LogP contribution is 2.24. The minimum Gasteiger partial charge on any atom is -0.450 e. The molecule has 2 saturated heterocycles. The highest BCUT2D eigenvalue weighted by atomic mass is 16.7. The van der Waals surface area contributed by atoms with Gasteiger partial charge in [-0.2, -0.15) is 0 Å². The first kappa shape index (κ1) is 20.0. The Labute approximate surface area is 151 Å². The number of likely N-dealkylation sites (tertiary alicyclic amines) is 2. The number of nitrogens with one attached hydrogen (secondary N) is 1. The molecule has 2 aliphatic heterocycles. The third-order valence-electron chi connectivity index (χ3n) is 5.04. The van der Waals surface area contributed by atoms with E-state index in [1.165, 1.54) is 0 Å². The fourth-order valence-corrected chi connectivity index (χ4v) is 3.63. The van der Waals surface area contributed by atoms with E-state index >= 15 is 0 Å². The van der Waals surface area contributed by atoms with E-state index in [1.54, 1.807) is 0 Å². The van der Waals surface area contributed by atoms with E-state index in [2.05, 4.69) is 10.4 Å². The largest absolute Gasteiger partial charge is 0.450 e. The van der Waals surface area contributed by atoms with Crippen molar-refractivity contribution in [1.82, 2.24) is 15.3 Å². The Bertz CT molecular complexity index is 436. The molecule has 7 nitrogen and oxygen atoms in total. The van der Waals surface area contributed by atoms with Crippen LogP contribution in [-0.2, 0) is 14.4 Å². The van der Waals surface area contributed by atoms with E-state index < -0.39 is 0 Å². The molecule has 0 spiro atoms. The van der Waals surface area contributed by atoms with E-state index in [-0.39, 0.29) is 24.0 Å². The van der Waals surface area contributed by atoms with Crippen molar-refractivity contribution in [3.8, 4) is 0 Å². The average molecular weight is 355 g/mol. The lowest BCUT2D eigenvalue weighted by atomic mass is 9.94. The Morgan fingerprint density at radius 3 is 2.44 bits per heavy atom. The highest BCUT2D eigenvalue weighted by molar-refractivity contribution is 5.77. The molecule has 0 saturated carbocycles. The maximum absolute atomic E-state index is 12.1. The van der Waals surface area contributed by atoms with Gasteiger partial charge < -0.3 is 14.5 Å². The first-order chi connectivity index (χ1) is 12.0. The molecule has 2 rings (SSSR count). The molecule has 1 N–H and O–H groups in total. The van der Waals surface area contributed by atoms with Crippen LogP contribution in [0.4, 0.5) is 4.79 Å². The molecule has 1 unspecified atom stereocenters. The summed E-state index contributed by atoms with van der Waals surface area (Å²) in [6.07, 6.45) is 4.62. The summed E-state index contributed by atoms with van der Waals surface area (Å²) in [5.41, 5.74) is 2.57. The summed E-state index contributed by atoms with van der Waals surface area (Å²) in [5, 5.41) is 0. The van der Waals surface area contributed by atoms with Crippen molar-refractivity contribution in [1.29, 1.82) is 0 Å². The van der Waals surface area contributed by atoms with Crippen molar-refractivity contribution in [2.75, 3.05) is 32.8 Å². The summed E-state index contributed by atoms with van der Waals surface area (Å²) in [5.74, 6) is 0.0412. The Kier molecular flexibility index (Phi) is 7.96. The molecule has 0 aromatic carbocycles. The van der Waals surface area contributed by atoms with Gasteiger partial charge in [-0.1, -0.05) is 0 Å². The van der Waals surface area contributed by atoms with Gasteiger partial charge in [-0.3, -0.25) is 9.63 Å². The van der Waals surface area contributed by atoms with Gasteiger partial charge in [0.1, 0.15) is 0 Å². The molecular formula is C18H33N3O4. The molecule has 0 aliphatic carbocycles. The number of carbonyl (C=O) groups excluding carboxylic acids is 2. The molecule has 0 aromatic rings. The number of amides is 2. The molecule has 2 amide bonds. The van der Waals surface area contributed by atoms with Crippen LogP contribution in [0.25, 0.3) is 0 Å². The predicted molar refractivity (Wildman–Crippen MR) is 94.9 cm³/mol. The zero-order valence-electron chi connectivity index (χ0n) is 15.8. The van der Waals surface area contributed by atoms with Crippen LogP contribution in [0.3, 0.4) is 0 Å². The van der Waals surface area contributed by atoms with Crippen LogP contribution in [0.5, 0.6) is 0 Å². The maximum Gasteiger partial charge on any atom is 0.409 e. The first-order valence-corrected chi connectivity index (χ1v) is 9.62. The monoisotopic (exact) mass is 355 g/mol. The fourth-order valence-electron chi connectivity index (χ4n) is 3.63. The lowest BCUT2D eigenvalue weighted by Crippen LogP contribution is -2.45. The van der Waals surface area contributed by atoms with Crippen LogP contribution >= 0.6 is 0 Å². The minimum atomic E-state index is -0.191. The maximum atomic E-state index is 12.1. The molecular weight excluding hydrogens is 322 g/mol. The quantitative estimate of drug-likeness (QED) is 0.765. The Balaban J connectivity index is 1.75. The second kappa shape index (κ2) is 9.97. The molecule has 7 heteroatoms. The van der Waals surface area contributed by atoms with Gasteiger partial charge in [0.15, 0.2) is 0 Å². The van der Waals surface area contributed by atoms with Gasteiger partial charge in [0, 0.05) is 25.0 Å². The summed E-state index contributed by atoms with van der Waals surface area (Å²) in [6, 6.07) is 0.496. The SMILES string of the molecule is CCOC(=O)N1CCCC(N2CCC(C(=O)NOC(C)C)CC2)CC1. The highest BCUT2D eigenvalue weighted by Gasteiger charge is 2.30. The van der Waals surface area contributed by atoms with Crippen molar-refractivity contribution in [3.05, 3.63) is 0 Å². The second-order valence-electron chi connectivity index (χ2n) is 7.21. The van der Waals surface area contributed by atoms with E-state index in [0.29, 0.717) is 12.6 Å². The van der Waals surface area contributed by atoms with E-state index in [0.717, 1.165) is 58.3 Å². The number of hydroxylamine groups is 1. The van der Waals surface area contributed by atoms with E-state index in [4.69, 9.17) is 9.57 Å². The molecule has 144 valence electrons. The van der Waals surface area contributed by atoms with Crippen LogP contribution in [0.2, 0.25) is 0 Å². The lowest BCUT2D eigenvalue weighted by molar-refractivity contribution is -0.142. The van der Waals surface area contributed by atoms with Crippen LogP contribution < -0.4 is 5.48 Å². The minimum absolute atomic E-state index is 0.00243.